The molecule has 1 rings (SSSR count). The van der Waals surface area contributed by atoms with Gasteiger partial charge in [-0.1, -0.05) is 0 Å². The molecule has 7 nitrogen and oxygen atoms in total. The van der Waals surface area contributed by atoms with Crippen molar-refractivity contribution in [1.82, 2.24) is 5.32 Å². The monoisotopic (exact) mass is 216 g/mol. The molecule has 1 unspecified atom stereocenters. The molecule has 1 aliphatic heterocycles. The largest absolute Gasteiger partial charge is 0.450 e. The highest BCUT2D eigenvalue weighted by Crippen LogP contribution is 2.08. The van der Waals surface area contributed by atoms with Crippen LogP contribution in [0.1, 0.15) is 19.3 Å². The zero-order valence-corrected chi connectivity index (χ0v) is 8.02. The minimum absolute atomic E-state index is 0.213. The van der Waals surface area contributed by atoms with Crippen LogP contribution in [0.4, 0.5) is 9.59 Å². The van der Waals surface area contributed by atoms with E-state index in [1.54, 1.807) is 0 Å². The van der Waals surface area contributed by atoms with E-state index in [0.29, 0.717) is 19.3 Å². The fraction of sp³-hybridized carbons (Fsp3) is 0.625. The summed E-state index contributed by atoms with van der Waals surface area (Å²) in [7, 11) is 0. The second kappa shape index (κ2) is 5.18. The van der Waals surface area contributed by atoms with Crippen molar-refractivity contribution in [3.63, 3.8) is 0 Å². The molecular formula is C8H12N2O5. The minimum atomic E-state index is -0.816. The summed E-state index contributed by atoms with van der Waals surface area (Å²) < 4.78 is 8.76. The number of unbranched alkanes of at least 4 members (excludes halogenated alkanes) is 1. The van der Waals surface area contributed by atoms with Crippen molar-refractivity contribution >= 4 is 18.2 Å². The lowest BCUT2D eigenvalue weighted by Crippen LogP contribution is -2.28. The summed E-state index contributed by atoms with van der Waals surface area (Å²) in [5.74, 6) is -0.559. The maximum absolute atomic E-state index is 10.9. The standard InChI is InChI=1S/C8H12N2O5/c9-7(12)14-4-2-1-3-5-6(11)15-8(13)10-5/h5H,1-4H2,(H2,9,12)(H,10,13). The Kier molecular flexibility index (Phi) is 3.90. The van der Waals surface area contributed by atoms with Gasteiger partial charge in [-0.2, -0.15) is 0 Å². The van der Waals surface area contributed by atoms with Crippen molar-refractivity contribution in [1.29, 1.82) is 0 Å². The number of carbonyl (C=O) groups excluding carboxylic acids is 3. The van der Waals surface area contributed by atoms with E-state index in [0.717, 1.165) is 0 Å². The van der Waals surface area contributed by atoms with Crippen LogP contribution >= 0.6 is 0 Å². The Hall–Kier alpha value is -1.79. The number of nitrogens with one attached hydrogen (secondary N) is 1. The fourth-order valence-electron chi connectivity index (χ4n) is 1.21. The Morgan fingerprint density at radius 3 is 2.73 bits per heavy atom. The molecule has 0 aliphatic carbocycles. The van der Waals surface area contributed by atoms with Crippen LogP contribution in [0.25, 0.3) is 0 Å². The van der Waals surface area contributed by atoms with Crippen molar-refractivity contribution in [3.05, 3.63) is 0 Å². The number of amides is 2. The van der Waals surface area contributed by atoms with Gasteiger partial charge in [0.25, 0.3) is 0 Å². The molecule has 1 aliphatic rings. The number of ether oxygens (including phenoxy) is 2. The van der Waals surface area contributed by atoms with Gasteiger partial charge in [0.05, 0.1) is 6.61 Å². The number of hydrogen-bond donors (Lipinski definition) is 2. The summed E-state index contributed by atoms with van der Waals surface area (Å²) in [5.41, 5.74) is 4.74. The fourth-order valence-corrected chi connectivity index (χ4v) is 1.21. The first-order chi connectivity index (χ1) is 7.09. The van der Waals surface area contributed by atoms with Crippen molar-refractivity contribution in [3.8, 4) is 0 Å². The van der Waals surface area contributed by atoms with Gasteiger partial charge >= 0.3 is 18.2 Å². The van der Waals surface area contributed by atoms with E-state index in [1.165, 1.54) is 0 Å². The second-order valence-corrected chi connectivity index (χ2v) is 3.07. The molecule has 3 N–H and O–H groups in total. The molecule has 1 heterocycles. The van der Waals surface area contributed by atoms with Gasteiger partial charge in [0.15, 0.2) is 0 Å². The third-order valence-electron chi connectivity index (χ3n) is 1.90. The average Bonchev–Trinajstić information content (AvgIpc) is 2.44. The smallest absolute Gasteiger partial charge is 0.415 e. The first-order valence-corrected chi connectivity index (χ1v) is 4.54. The summed E-state index contributed by atoms with van der Waals surface area (Å²) in [6, 6.07) is -0.578. The molecule has 0 radical (unpaired) electrons. The van der Waals surface area contributed by atoms with Crippen LogP contribution in [0, 0.1) is 0 Å². The molecule has 1 saturated heterocycles. The number of hydrogen-bond acceptors (Lipinski definition) is 5. The number of esters is 1. The van der Waals surface area contributed by atoms with Gasteiger partial charge in [-0.15, -0.1) is 0 Å². The van der Waals surface area contributed by atoms with Gasteiger partial charge < -0.3 is 20.5 Å². The minimum Gasteiger partial charge on any atom is -0.450 e. The van der Waals surface area contributed by atoms with Crippen molar-refractivity contribution in [2.45, 2.75) is 25.3 Å². The summed E-state index contributed by atoms with van der Waals surface area (Å²) in [4.78, 5) is 31.7. The van der Waals surface area contributed by atoms with Crippen LogP contribution in [0.5, 0.6) is 0 Å². The predicted molar refractivity (Wildman–Crippen MR) is 47.8 cm³/mol. The summed E-state index contributed by atoms with van der Waals surface area (Å²) >= 11 is 0. The third kappa shape index (κ3) is 3.84. The lowest BCUT2D eigenvalue weighted by atomic mass is 10.1. The van der Waals surface area contributed by atoms with Crippen LogP contribution in [0.15, 0.2) is 0 Å². The Morgan fingerprint density at radius 2 is 2.20 bits per heavy atom. The van der Waals surface area contributed by atoms with Crippen LogP contribution < -0.4 is 11.1 Å². The van der Waals surface area contributed by atoms with Gasteiger partial charge in [0.2, 0.25) is 0 Å². The Balaban J connectivity index is 2.08. The number of rotatable bonds is 5. The van der Waals surface area contributed by atoms with Gasteiger partial charge in [-0.3, -0.25) is 0 Å². The number of cyclic esters (lactones) is 2. The van der Waals surface area contributed by atoms with E-state index in [9.17, 15) is 14.4 Å². The van der Waals surface area contributed by atoms with E-state index in [-0.39, 0.29) is 6.61 Å². The van der Waals surface area contributed by atoms with E-state index in [4.69, 9.17) is 5.73 Å². The molecule has 15 heavy (non-hydrogen) atoms. The van der Waals surface area contributed by atoms with E-state index >= 15 is 0 Å². The lowest BCUT2D eigenvalue weighted by Gasteiger charge is -2.04. The Labute approximate surface area is 85.9 Å². The zero-order chi connectivity index (χ0) is 11.3. The molecular weight excluding hydrogens is 204 g/mol. The van der Waals surface area contributed by atoms with Crippen LogP contribution in [0.3, 0.4) is 0 Å². The molecule has 0 aromatic heterocycles. The van der Waals surface area contributed by atoms with Gasteiger partial charge in [0, 0.05) is 0 Å². The van der Waals surface area contributed by atoms with Crippen molar-refractivity contribution < 1.29 is 23.9 Å². The molecule has 1 atom stereocenters. The predicted octanol–water partition coefficient (Wildman–Crippen LogP) is -0.113. The average molecular weight is 216 g/mol. The molecule has 84 valence electrons. The number of primary amides is 1. The molecule has 0 saturated carbocycles. The molecule has 0 bridgehead atoms. The van der Waals surface area contributed by atoms with E-state index in [1.807, 2.05) is 0 Å². The van der Waals surface area contributed by atoms with Crippen LogP contribution in [0.2, 0.25) is 0 Å². The van der Waals surface area contributed by atoms with Gasteiger partial charge in [-0.05, 0) is 19.3 Å². The highest BCUT2D eigenvalue weighted by Gasteiger charge is 2.31. The number of alkyl carbamates (subject to hydrolysis) is 1. The Morgan fingerprint density at radius 1 is 1.47 bits per heavy atom. The van der Waals surface area contributed by atoms with E-state index < -0.39 is 24.2 Å². The third-order valence-corrected chi connectivity index (χ3v) is 1.90. The maximum Gasteiger partial charge on any atom is 0.415 e. The highest BCUT2D eigenvalue weighted by molar-refractivity contribution is 5.95. The first-order valence-electron chi connectivity index (χ1n) is 4.54. The van der Waals surface area contributed by atoms with Crippen LogP contribution in [-0.4, -0.2) is 30.8 Å². The number of carbonyl (C=O) groups is 3. The van der Waals surface area contributed by atoms with E-state index in [2.05, 4.69) is 14.8 Å². The van der Waals surface area contributed by atoms with Crippen molar-refractivity contribution in [2.24, 2.45) is 5.73 Å². The molecule has 1 fully saturated rings. The van der Waals surface area contributed by atoms with Gasteiger partial charge in [0.1, 0.15) is 6.04 Å². The van der Waals surface area contributed by atoms with Crippen molar-refractivity contribution in [2.75, 3.05) is 6.61 Å². The molecule has 0 aromatic rings. The highest BCUT2D eigenvalue weighted by atomic mass is 16.6. The Bertz CT molecular complexity index is 278. The topological polar surface area (TPSA) is 108 Å². The van der Waals surface area contributed by atoms with Gasteiger partial charge in [-0.25, -0.2) is 14.4 Å². The summed E-state index contributed by atoms with van der Waals surface area (Å²) in [5, 5.41) is 2.36. The summed E-state index contributed by atoms with van der Waals surface area (Å²) in [6.45, 7) is 0.213. The maximum atomic E-state index is 10.9. The molecule has 2 amide bonds. The molecule has 0 aromatic carbocycles. The van der Waals surface area contributed by atoms with Crippen LogP contribution in [-0.2, 0) is 14.3 Å². The normalized spacial score (nSPS) is 19.6. The second-order valence-electron chi connectivity index (χ2n) is 3.07. The molecule has 7 heteroatoms. The lowest BCUT2D eigenvalue weighted by molar-refractivity contribution is -0.135. The SMILES string of the molecule is NC(=O)OCCCCC1NC(=O)OC1=O. The molecule has 0 spiro atoms. The zero-order valence-electron chi connectivity index (χ0n) is 8.02. The summed E-state index contributed by atoms with van der Waals surface area (Å²) in [6.07, 6.45) is 0.157. The first kappa shape index (κ1) is 11.3. The number of nitrogens with two attached hydrogens (primary N) is 1. The quantitative estimate of drug-likeness (QED) is 0.378.